The van der Waals surface area contributed by atoms with Crippen LogP contribution in [0.1, 0.15) is 49.5 Å². The molecule has 166 valence electrons. The van der Waals surface area contributed by atoms with Crippen LogP contribution in [0.5, 0.6) is 5.75 Å². The molecule has 31 heavy (non-hydrogen) atoms. The van der Waals surface area contributed by atoms with Crippen LogP contribution >= 0.6 is 11.3 Å². The predicted molar refractivity (Wildman–Crippen MR) is 117 cm³/mol. The summed E-state index contributed by atoms with van der Waals surface area (Å²) in [6, 6.07) is 6.78. The van der Waals surface area contributed by atoms with E-state index in [0.29, 0.717) is 17.1 Å². The summed E-state index contributed by atoms with van der Waals surface area (Å²) in [5.74, 6) is 4.93. The first-order valence-corrected chi connectivity index (χ1v) is 10.8. The number of unbranched alkanes of at least 4 members (excludes halogenated alkanes) is 4. The maximum absolute atomic E-state index is 13.7. The van der Waals surface area contributed by atoms with Crippen molar-refractivity contribution in [1.82, 2.24) is 4.57 Å². The number of hydrazone groups is 1. The van der Waals surface area contributed by atoms with E-state index >= 15 is 0 Å². The predicted octanol–water partition coefficient (Wildman–Crippen LogP) is 6.72. The lowest BCUT2D eigenvalue weighted by Gasteiger charge is -2.16. The number of benzene rings is 1. The zero-order chi connectivity index (χ0) is 22.6. The maximum atomic E-state index is 13.7. The molecule has 0 amide bonds. The molecule has 6 nitrogen and oxygen atoms in total. The van der Waals surface area contributed by atoms with Gasteiger partial charge in [-0.2, -0.15) is 18.3 Å². The number of hydrogen-bond acceptors (Lipinski definition) is 5. The quantitative estimate of drug-likeness (QED) is 0.0885. The summed E-state index contributed by atoms with van der Waals surface area (Å²) in [6.07, 6.45) is 0.485. The van der Waals surface area contributed by atoms with E-state index < -0.39 is 17.5 Å². The molecule has 3 aromatic rings. The number of aryl methyl sites for hydroxylation is 1. The molecule has 0 aliphatic rings. The minimum absolute atomic E-state index is 0.0155. The van der Waals surface area contributed by atoms with Gasteiger partial charge in [-0.1, -0.05) is 32.6 Å². The number of halogens is 3. The molecular formula is C21H24F3N5OS. The highest BCUT2D eigenvalue weighted by Gasteiger charge is 2.35. The summed E-state index contributed by atoms with van der Waals surface area (Å²) < 4.78 is 43.7. The average Bonchev–Trinajstić information content (AvgIpc) is 3.27. The van der Waals surface area contributed by atoms with Crippen molar-refractivity contribution in [3.63, 3.8) is 0 Å². The number of aromatic hydroxyl groups is 1. The van der Waals surface area contributed by atoms with Crippen molar-refractivity contribution in [2.45, 2.75) is 51.7 Å². The van der Waals surface area contributed by atoms with Crippen molar-refractivity contribution < 1.29 is 18.3 Å². The molecule has 0 aliphatic carbocycles. The molecule has 2 heterocycles. The Morgan fingerprint density at radius 2 is 1.90 bits per heavy atom. The lowest BCUT2D eigenvalue weighted by Crippen LogP contribution is -2.09. The van der Waals surface area contributed by atoms with E-state index in [4.69, 9.17) is 11.4 Å². The van der Waals surface area contributed by atoms with Crippen LogP contribution in [0.25, 0.3) is 21.5 Å². The Balaban J connectivity index is 2.11. The van der Waals surface area contributed by atoms with Gasteiger partial charge in [-0.3, -0.25) is 0 Å². The van der Waals surface area contributed by atoms with Crippen LogP contribution in [-0.4, -0.2) is 15.5 Å². The van der Waals surface area contributed by atoms with E-state index in [1.54, 1.807) is 12.1 Å². The van der Waals surface area contributed by atoms with Crippen LogP contribution in [0, 0.1) is 5.53 Å². The van der Waals surface area contributed by atoms with Crippen molar-refractivity contribution in [1.29, 1.82) is 5.53 Å². The second-order valence-corrected chi connectivity index (χ2v) is 8.33. The number of amidine groups is 1. The highest BCUT2D eigenvalue weighted by molar-refractivity contribution is 7.20. The van der Waals surface area contributed by atoms with Gasteiger partial charge >= 0.3 is 6.18 Å². The zero-order valence-electron chi connectivity index (χ0n) is 17.0. The molecule has 0 saturated carbocycles. The van der Waals surface area contributed by atoms with Gasteiger partial charge in [-0.25, -0.2) is 5.53 Å². The van der Waals surface area contributed by atoms with E-state index in [9.17, 15) is 18.3 Å². The van der Waals surface area contributed by atoms with Gasteiger partial charge in [0.25, 0.3) is 0 Å². The third-order valence-corrected chi connectivity index (χ3v) is 6.18. The lowest BCUT2D eigenvalue weighted by molar-refractivity contribution is -0.137. The summed E-state index contributed by atoms with van der Waals surface area (Å²) in [5, 5.41) is 16.4. The average molecular weight is 452 g/mol. The molecule has 4 N–H and O–H groups in total. The minimum Gasteiger partial charge on any atom is -0.508 e. The van der Waals surface area contributed by atoms with E-state index in [-0.39, 0.29) is 11.4 Å². The third kappa shape index (κ3) is 4.90. The Bertz CT molecular complexity index is 1100. The second kappa shape index (κ2) is 9.51. The Morgan fingerprint density at radius 1 is 1.16 bits per heavy atom. The fraction of sp³-hybridized carbons (Fsp3) is 0.381. The Hall–Kier alpha value is -2.88. The molecule has 2 aromatic heterocycles. The summed E-state index contributed by atoms with van der Waals surface area (Å²) in [5.41, 5.74) is 7.53. The minimum atomic E-state index is -4.60. The van der Waals surface area contributed by atoms with Crippen molar-refractivity contribution in [3.05, 3.63) is 40.8 Å². The number of phenolic OH excluding ortho intramolecular Hbond substituents is 1. The molecular weight excluding hydrogens is 427 g/mol. The van der Waals surface area contributed by atoms with Gasteiger partial charge in [0.05, 0.1) is 26.4 Å². The standard InChI is InChI=1S/C21H24F3N5OS/c1-2-3-4-5-6-9-29-16(14-8-7-13(30)10-15(14)21(22,23)24)11-18-17(29)12-19(31-18)20(27-25)28-26/h7-8,10-12,25,30H,2-6,9,26H2,1H3. The summed E-state index contributed by atoms with van der Waals surface area (Å²) in [7, 11) is 0. The number of alkyl halides is 3. The van der Waals surface area contributed by atoms with E-state index in [0.717, 1.165) is 48.4 Å². The smallest absolute Gasteiger partial charge is 0.417 e. The summed E-state index contributed by atoms with van der Waals surface area (Å²) in [4.78, 5) is 0.579. The number of thiophene rings is 1. The number of hydrogen-bond donors (Lipinski definition) is 3. The number of nitrogens with one attached hydrogen (secondary N) is 1. The summed E-state index contributed by atoms with van der Waals surface area (Å²) >= 11 is 1.27. The van der Waals surface area contributed by atoms with E-state index in [2.05, 4.69) is 17.1 Å². The Labute approximate surface area is 181 Å². The normalized spacial score (nSPS) is 12.6. The highest BCUT2D eigenvalue weighted by atomic mass is 32.1. The first kappa shape index (κ1) is 22.8. The first-order valence-electron chi connectivity index (χ1n) is 9.99. The Morgan fingerprint density at radius 3 is 2.55 bits per heavy atom. The number of nitrogens with two attached hydrogens (primary N) is 1. The SMILES string of the molecule is CCCCCCCn1c(-c2ccc(O)cc2C(F)(F)F)cc2sc(C(N=N)=NN)cc21. The molecule has 0 unspecified atom stereocenters. The van der Waals surface area contributed by atoms with E-state index in [1.165, 1.54) is 23.5 Å². The van der Waals surface area contributed by atoms with Gasteiger partial charge in [-0.05, 0) is 36.8 Å². The van der Waals surface area contributed by atoms with Crippen molar-refractivity contribution in [2.24, 2.45) is 16.1 Å². The van der Waals surface area contributed by atoms with Crippen LogP contribution < -0.4 is 5.84 Å². The largest absolute Gasteiger partial charge is 0.508 e. The van der Waals surface area contributed by atoms with Gasteiger partial charge in [0.2, 0.25) is 5.84 Å². The number of fused-ring (bicyclic) bond motifs is 1. The molecule has 1 aromatic carbocycles. The number of rotatable bonds is 8. The molecule has 0 fully saturated rings. The monoisotopic (exact) mass is 451 g/mol. The number of phenols is 1. The molecule has 3 rings (SSSR count). The molecule has 0 radical (unpaired) electrons. The van der Waals surface area contributed by atoms with Crippen LogP contribution in [-0.2, 0) is 12.7 Å². The van der Waals surface area contributed by atoms with Gasteiger partial charge in [0, 0.05) is 12.1 Å². The maximum Gasteiger partial charge on any atom is 0.417 e. The van der Waals surface area contributed by atoms with Gasteiger partial charge in [0.15, 0.2) is 0 Å². The zero-order valence-corrected chi connectivity index (χ0v) is 17.9. The highest BCUT2D eigenvalue weighted by Crippen LogP contribution is 2.42. The third-order valence-electron chi connectivity index (χ3n) is 5.11. The molecule has 0 spiro atoms. The van der Waals surface area contributed by atoms with Crippen molar-refractivity contribution in [3.8, 4) is 17.0 Å². The van der Waals surface area contributed by atoms with Crippen molar-refractivity contribution >= 4 is 27.4 Å². The molecule has 0 bridgehead atoms. The van der Waals surface area contributed by atoms with Crippen LogP contribution in [0.15, 0.2) is 40.5 Å². The molecule has 0 saturated heterocycles. The van der Waals surface area contributed by atoms with Gasteiger partial charge in [-0.15, -0.1) is 16.5 Å². The van der Waals surface area contributed by atoms with Crippen molar-refractivity contribution in [2.75, 3.05) is 0 Å². The van der Waals surface area contributed by atoms with Gasteiger partial charge < -0.3 is 15.5 Å². The first-order chi connectivity index (χ1) is 14.8. The lowest BCUT2D eigenvalue weighted by atomic mass is 10.0. The number of nitrogens with zero attached hydrogens (tertiary/aromatic N) is 3. The fourth-order valence-corrected chi connectivity index (χ4v) is 4.67. The van der Waals surface area contributed by atoms with Crippen LogP contribution in [0.2, 0.25) is 0 Å². The van der Waals surface area contributed by atoms with Gasteiger partial charge in [0.1, 0.15) is 5.75 Å². The topological polar surface area (TPSA) is 99.7 Å². The fourth-order valence-electron chi connectivity index (χ4n) is 3.63. The molecule has 0 atom stereocenters. The Kier molecular flexibility index (Phi) is 6.99. The van der Waals surface area contributed by atoms with Crippen LogP contribution in [0.3, 0.4) is 0 Å². The molecule has 10 heteroatoms. The summed E-state index contributed by atoms with van der Waals surface area (Å²) in [6.45, 7) is 2.67. The van der Waals surface area contributed by atoms with E-state index in [1.807, 2.05) is 4.57 Å². The van der Waals surface area contributed by atoms with Crippen LogP contribution in [0.4, 0.5) is 13.2 Å². The second-order valence-electron chi connectivity index (χ2n) is 7.25. The molecule has 0 aliphatic heterocycles. The number of aromatic nitrogens is 1.